The van der Waals surface area contributed by atoms with Gasteiger partial charge < -0.3 is 14.9 Å². The van der Waals surface area contributed by atoms with E-state index in [2.05, 4.69) is 26.6 Å². The van der Waals surface area contributed by atoms with Gasteiger partial charge in [-0.05, 0) is 12.5 Å². The van der Waals surface area contributed by atoms with Gasteiger partial charge in [0, 0.05) is 43.2 Å². The number of piperidine rings is 1. The summed E-state index contributed by atoms with van der Waals surface area (Å²) >= 11 is 0. The molecule has 2 N–H and O–H groups in total. The minimum Gasteiger partial charge on any atom is -0.346 e. The summed E-state index contributed by atoms with van der Waals surface area (Å²) in [6.45, 7) is 5.63. The van der Waals surface area contributed by atoms with Crippen LogP contribution in [0.15, 0.2) is 41.0 Å². The predicted octanol–water partition coefficient (Wildman–Crippen LogP) is 2.07. The van der Waals surface area contributed by atoms with Gasteiger partial charge in [-0.15, -0.1) is 6.58 Å². The number of likely N-dealkylation sites (tertiary alicyclic amines) is 1. The summed E-state index contributed by atoms with van der Waals surface area (Å²) in [5, 5.41) is 6.53. The highest BCUT2D eigenvalue weighted by Gasteiger charge is 2.35. The van der Waals surface area contributed by atoms with Crippen molar-refractivity contribution in [3.63, 3.8) is 0 Å². The molecule has 5 rings (SSSR count). The Morgan fingerprint density at radius 3 is 3.04 bits per heavy atom. The number of rotatable bonds is 2. The number of hydrazone groups is 1. The van der Waals surface area contributed by atoms with Crippen molar-refractivity contribution in [3.05, 3.63) is 41.6 Å². The average Bonchev–Trinajstić information content (AvgIpc) is 3.45. The fraction of sp³-hybridized carbons (Fsp3) is 0.368. The highest BCUT2D eigenvalue weighted by molar-refractivity contribution is 6.01. The monoisotopic (exact) mass is 379 g/mol. The van der Waals surface area contributed by atoms with Crippen LogP contribution in [-0.4, -0.2) is 61.3 Å². The fourth-order valence-corrected chi connectivity index (χ4v) is 4.31. The molecule has 2 amide bonds. The molecule has 0 bridgehead atoms. The second-order valence-electron chi connectivity index (χ2n) is 7.25. The molecule has 3 aromatic rings. The van der Waals surface area contributed by atoms with Crippen LogP contribution in [0.4, 0.5) is 4.79 Å². The largest absolute Gasteiger partial charge is 0.346 e. The average molecular weight is 379 g/mol. The Morgan fingerprint density at radius 2 is 2.25 bits per heavy atom. The van der Waals surface area contributed by atoms with Gasteiger partial charge >= 0.3 is 11.7 Å². The topological polar surface area (TPSA) is 102 Å². The van der Waals surface area contributed by atoms with Crippen LogP contribution in [0, 0.1) is 5.92 Å². The standard InChI is InChI=1S/C19H21N7O2/c1-2-12-5-9-24(19(28)25-8-3-6-22-25)11-15(12)26-16-13-4-7-20-17(13)21-10-14(16)23-18(26)27/h2,4,6-7,10,12,15H,1,3,5,8-9,11H2,(H,20,21)(H,23,27)/t12-,15+/m1/s1. The van der Waals surface area contributed by atoms with Gasteiger partial charge in [-0.1, -0.05) is 6.08 Å². The Labute approximate surface area is 160 Å². The molecular weight excluding hydrogens is 358 g/mol. The number of nitrogens with zero attached hydrogens (tertiary/aromatic N) is 5. The first kappa shape index (κ1) is 16.8. The van der Waals surface area contributed by atoms with Crippen molar-refractivity contribution >= 4 is 34.3 Å². The Morgan fingerprint density at radius 1 is 1.36 bits per heavy atom. The van der Waals surface area contributed by atoms with Crippen LogP contribution in [0.3, 0.4) is 0 Å². The molecule has 9 heteroatoms. The smallest absolute Gasteiger partial charge is 0.340 e. The Bertz CT molecular complexity index is 1150. The third kappa shape index (κ3) is 2.46. The molecule has 2 atom stereocenters. The number of H-pyrrole nitrogens is 2. The predicted molar refractivity (Wildman–Crippen MR) is 106 cm³/mol. The first-order chi connectivity index (χ1) is 13.7. The lowest BCUT2D eigenvalue weighted by Crippen LogP contribution is -2.49. The number of hydrogen-bond acceptors (Lipinski definition) is 4. The summed E-state index contributed by atoms with van der Waals surface area (Å²) < 4.78 is 1.77. The summed E-state index contributed by atoms with van der Waals surface area (Å²) in [6.07, 6.45) is 8.65. The molecule has 9 nitrogen and oxygen atoms in total. The van der Waals surface area contributed by atoms with E-state index in [-0.39, 0.29) is 23.7 Å². The first-order valence-electron chi connectivity index (χ1n) is 9.45. The third-order valence-electron chi connectivity index (χ3n) is 5.71. The van der Waals surface area contributed by atoms with Crippen molar-refractivity contribution in [2.75, 3.05) is 19.6 Å². The molecular formula is C19H21N7O2. The normalized spacial score (nSPS) is 22.4. The Hall–Kier alpha value is -3.36. The number of hydrogen-bond donors (Lipinski definition) is 2. The lowest BCUT2D eigenvalue weighted by atomic mass is 9.91. The molecule has 0 unspecified atom stereocenters. The van der Waals surface area contributed by atoms with Gasteiger partial charge in [-0.3, -0.25) is 4.57 Å². The molecule has 3 aromatic heterocycles. The van der Waals surface area contributed by atoms with E-state index in [0.29, 0.717) is 25.2 Å². The molecule has 28 heavy (non-hydrogen) atoms. The Balaban J connectivity index is 1.59. The van der Waals surface area contributed by atoms with Crippen LogP contribution in [0.1, 0.15) is 18.9 Å². The number of fused-ring (bicyclic) bond motifs is 3. The van der Waals surface area contributed by atoms with Crippen molar-refractivity contribution in [2.24, 2.45) is 11.0 Å². The van der Waals surface area contributed by atoms with Gasteiger partial charge in [-0.2, -0.15) is 5.10 Å². The van der Waals surface area contributed by atoms with Gasteiger partial charge in [0.1, 0.15) is 5.65 Å². The molecule has 0 aromatic carbocycles. The zero-order valence-corrected chi connectivity index (χ0v) is 15.3. The molecule has 1 saturated heterocycles. The van der Waals surface area contributed by atoms with E-state index in [1.807, 2.05) is 18.3 Å². The van der Waals surface area contributed by atoms with E-state index < -0.39 is 0 Å². The maximum atomic E-state index is 12.9. The van der Waals surface area contributed by atoms with Gasteiger partial charge in [0.05, 0.1) is 29.8 Å². The number of carbonyl (C=O) groups is 1. The number of nitrogens with one attached hydrogen (secondary N) is 2. The summed E-state index contributed by atoms with van der Waals surface area (Å²) in [6, 6.07) is 1.60. The van der Waals surface area contributed by atoms with E-state index in [4.69, 9.17) is 0 Å². The molecule has 0 saturated carbocycles. The molecule has 5 heterocycles. The highest BCUT2D eigenvalue weighted by Crippen LogP contribution is 2.32. The van der Waals surface area contributed by atoms with Crippen LogP contribution in [0.25, 0.3) is 22.1 Å². The van der Waals surface area contributed by atoms with Crippen LogP contribution in [-0.2, 0) is 0 Å². The summed E-state index contributed by atoms with van der Waals surface area (Å²) in [5.41, 5.74) is 2.02. The van der Waals surface area contributed by atoms with Crippen LogP contribution in [0.5, 0.6) is 0 Å². The van der Waals surface area contributed by atoms with Crippen molar-refractivity contribution in [1.82, 2.24) is 29.4 Å². The Kier molecular flexibility index (Phi) is 3.81. The number of carbonyl (C=O) groups excluding carboxylic acids is 1. The molecule has 2 aliphatic heterocycles. The van der Waals surface area contributed by atoms with Crippen molar-refractivity contribution < 1.29 is 4.79 Å². The molecule has 0 radical (unpaired) electrons. The van der Waals surface area contributed by atoms with Crippen LogP contribution < -0.4 is 5.69 Å². The van der Waals surface area contributed by atoms with E-state index in [0.717, 1.165) is 29.4 Å². The fourth-order valence-electron chi connectivity index (χ4n) is 4.31. The number of urea groups is 1. The number of aromatic nitrogens is 4. The zero-order chi connectivity index (χ0) is 19.3. The summed E-state index contributed by atoms with van der Waals surface area (Å²) in [4.78, 5) is 37.9. The van der Waals surface area contributed by atoms with Crippen LogP contribution in [0.2, 0.25) is 0 Å². The first-order valence-corrected chi connectivity index (χ1v) is 9.45. The SMILES string of the molecule is C=C[C@@H]1CCN(C(=O)N2CCC=N2)C[C@@H]1n1c(=O)[nH]c2cnc3[nH]ccc3c21. The number of allylic oxidation sites excluding steroid dienone is 1. The second-order valence-corrected chi connectivity index (χ2v) is 7.25. The zero-order valence-electron chi connectivity index (χ0n) is 15.3. The highest BCUT2D eigenvalue weighted by atomic mass is 16.2. The van der Waals surface area contributed by atoms with E-state index in [1.54, 1.807) is 21.9 Å². The van der Waals surface area contributed by atoms with Gasteiger partial charge in [0.15, 0.2) is 0 Å². The minimum absolute atomic E-state index is 0.0880. The van der Waals surface area contributed by atoms with E-state index in [9.17, 15) is 9.59 Å². The third-order valence-corrected chi connectivity index (χ3v) is 5.71. The lowest BCUT2D eigenvalue weighted by molar-refractivity contribution is 0.121. The van der Waals surface area contributed by atoms with Crippen molar-refractivity contribution in [2.45, 2.75) is 18.9 Å². The molecule has 0 aliphatic carbocycles. The molecule has 2 aliphatic rings. The van der Waals surface area contributed by atoms with Gasteiger partial charge in [0.25, 0.3) is 0 Å². The van der Waals surface area contributed by atoms with E-state index >= 15 is 0 Å². The number of aromatic amines is 2. The quantitative estimate of drug-likeness (QED) is 0.666. The maximum Gasteiger partial charge on any atom is 0.340 e. The maximum absolute atomic E-state index is 12.9. The number of imidazole rings is 1. The number of amides is 2. The molecule has 0 spiro atoms. The summed E-state index contributed by atoms with van der Waals surface area (Å²) in [5.74, 6) is 0.0880. The summed E-state index contributed by atoms with van der Waals surface area (Å²) in [7, 11) is 0. The van der Waals surface area contributed by atoms with Crippen molar-refractivity contribution in [3.8, 4) is 0 Å². The lowest BCUT2D eigenvalue weighted by Gasteiger charge is -2.38. The molecule has 144 valence electrons. The second kappa shape index (κ2) is 6.36. The van der Waals surface area contributed by atoms with E-state index in [1.165, 1.54) is 5.01 Å². The van der Waals surface area contributed by atoms with Crippen LogP contribution >= 0.6 is 0 Å². The number of pyridine rings is 1. The molecule has 1 fully saturated rings. The van der Waals surface area contributed by atoms with Gasteiger partial charge in [0.2, 0.25) is 0 Å². The van der Waals surface area contributed by atoms with Gasteiger partial charge in [-0.25, -0.2) is 19.6 Å². The van der Waals surface area contributed by atoms with Crippen molar-refractivity contribution in [1.29, 1.82) is 0 Å². The minimum atomic E-state index is -0.205.